The van der Waals surface area contributed by atoms with Crippen LogP contribution in [-0.2, 0) is 0 Å². The first kappa shape index (κ1) is 14.9. The number of nitrogens with zero attached hydrogens (tertiary/aromatic N) is 1. The number of fused-ring (bicyclic) bond motifs is 1. The standard InChI is InChI=1S/C17H24N2OS/c1-13(16-19-14-8-4-5-9-15(14)21-16)18-12-17(20)10-6-2-3-7-11-17/h4-5,8-9,13,18,20H,2-3,6-7,10-12H2,1H3. The summed E-state index contributed by atoms with van der Waals surface area (Å²) in [6, 6.07) is 8.44. The molecule has 4 heteroatoms. The van der Waals surface area contributed by atoms with Gasteiger partial charge in [-0.2, -0.15) is 0 Å². The molecule has 0 saturated heterocycles. The first-order valence-corrected chi connectivity index (χ1v) is 8.79. The third-order valence-electron chi connectivity index (χ3n) is 4.45. The van der Waals surface area contributed by atoms with Crippen LogP contribution in [0.4, 0.5) is 0 Å². The van der Waals surface area contributed by atoms with Gasteiger partial charge in [-0.05, 0) is 31.9 Å². The topological polar surface area (TPSA) is 45.1 Å². The van der Waals surface area contributed by atoms with Crippen molar-refractivity contribution in [1.82, 2.24) is 10.3 Å². The quantitative estimate of drug-likeness (QED) is 0.838. The predicted molar refractivity (Wildman–Crippen MR) is 88.7 cm³/mol. The number of hydrogen-bond donors (Lipinski definition) is 2. The monoisotopic (exact) mass is 304 g/mol. The van der Waals surface area contributed by atoms with Crippen LogP contribution in [0.5, 0.6) is 0 Å². The molecule has 0 radical (unpaired) electrons. The third-order valence-corrected chi connectivity index (χ3v) is 5.67. The van der Waals surface area contributed by atoms with Crippen LogP contribution in [0.15, 0.2) is 24.3 Å². The van der Waals surface area contributed by atoms with Gasteiger partial charge in [-0.1, -0.05) is 37.8 Å². The first-order valence-electron chi connectivity index (χ1n) is 7.98. The Hall–Kier alpha value is -0.970. The number of rotatable bonds is 4. The maximum atomic E-state index is 10.7. The molecule has 1 fully saturated rings. The molecule has 1 aromatic carbocycles. The summed E-state index contributed by atoms with van der Waals surface area (Å²) < 4.78 is 1.23. The largest absolute Gasteiger partial charge is 0.389 e. The van der Waals surface area contributed by atoms with Gasteiger partial charge in [-0.25, -0.2) is 4.98 Å². The predicted octanol–water partition coefficient (Wildman–Crippen LogP) is 4.03. The van der Waals surface area contributed by atoms with E-state index in [0.29, 0.717) is 6.54 Å². The van der Waals surface area contributed by atoms with E-state index in [1.54, 1.807) is 11.3 Å². The molecule has 0 aliphatic heterocycles. The van der Waals surface area contributed by atoms with Crippen molar-refractivity contribution in [2.24, 2.45) is 0 Å². The second kappa shape index (κ2) is 6.42. The summed E-state index contributed by atoms with van der Waals surface area (Å²) in [5, 5.41) is 15.3. The summed E-state index contributed by atoms with van der Waals surface area (Å²) >= 11 is 1.74. The molecule has 21 heavy (non-hydrogen) atoms. The van der Waals surface area contributed by atoms with Crippen LogP contribution >= 0.6 is 11.3 Å². The van der Waals surface area contributed by atoms with E-state index in [-0.39, 0.29) is 6.04 Å². The number of aromatic nitrogens is 1. The second-order valence-corrected chi connectivity index (χ2v) is 7.32. The van der Waals surface area contributed by atoms with Gasteiger partial charge >= 0.3 is 0 Å². The Morgan fingerprint density at radius 2 is 1.95 bits per heavy atom. The van der Waals surface area contributed by atoms with E-state index in [4.69, 9.17) is 4.98 Å². The molecule has 0 spiro atoms. The first-order chi connectivity index (χ1) is 10.2. The van der Waals surface area contributed by atoms with E-state index in [0.717, 1.165) is 36.2 Å². The lowest BCUT2D eigenvalue weighted by molar-refractivity contribution is 0.0231. The van der Waals surface area contributed by atoms with Crippen molar-refractivity contribution < 1.29 is 5.11 Å². The minimum absolute atomic E-state index is 0.190. The minimum atomic E-state index is -0.526. The van der Waals surface area contributed by atoms with Crippen LogP contribution in [0.2, 0.25) is 0 Å². The van der Waals surface area contributed by atoms with Crippen molar-refractivity contribution >= 4 is 21.6 Å². The zero-order chi connectivity index (χ0) is 14.7. The normalized spacial score (nSPS) is 20.3. The molecule has 0 bridgehead atoms. The number of hydrogen-bond acceptors (Lipinski definition) is 4. The zero-order valence-corrected chi connectivity index (χ0v) is 13.5. The summed E-state index contributed by atoms with van der Waals surface area (Å²) in [6.07, 6.45) is 6.66. The number of benzene rings is 1. The smallest absolute Gasteiger partial charge is 0.111 e. The van der Waals surface area contributed by atoms with Gasteiger partial charge in [0.25, 0.3) is 0 Å². The molecular formula is C17H24N2OS. The molecular weight excluding hydrogens is 280 g/mol. The van der Waals surface area contributed by atoms with Crippen LogP contribution < -0.4 is 5.32 Å². The Bertz CT molecular complexity index is 554. The van der Waals surface area contributed by atoms with Gasteiger partial charge in [0.2, 0.25) is 0 Å². The summed E-state index contributed by atoms with van der Waals surface area (Å²) in [4.78, 5) is 4.69. The van der Waals surface area contributed by atoms with E-state index < -0.39 is 5.60 Å². The van der Waals surface area contributed by atoms with Crippen molar-refractivity contribution in [3.05, 3.63) is 29.3 Å². The van der Waals surface area contributed by atoms with Gasteiger partial charge in [-0.15, -0.1) is 11.3 Å². The van der Waals surface area contributed by atoms with Crippen molar-refractivity contribution in [3.8, 4) is 0 Å². The summed E-state index contributed by atoms with van der Waals surface area (Å²) in [7, 11) is 0. The van der Waals surface area contributed by atoms with Crippen molar-refractivity contribution in [2.75, 3.05) is 6.54 Å². The van der Waals surface area contributed by atoms with Gasteiger partial charge in [-0.3, -0.25) is 0 Å². The van der Waals surface area contributed by atoms with E-state index in [1.807, 2.05) is 6.07 Å². The Balaban J connectivity index is 1.64. The zero-order valence-electron chi connectivity index (χ0n) is 12.6. The van der Waals surface area contributed by atoms with Gasteiger partial charge in [0.15, 0.2) is 0 Å². The maximum absolute atomic E-state index is 10.7. The highest BCUT2D eigenvalue weighted by atomic mass is 32.1. The minimum Gasteiger partial charge on any atom is -0.389 e. The molecule has 2 aromatic rings. The summed E-state index contributed by atoms with van der Waals surface area (Å²) in [6.45, 7) is 2.81. The van der Waals surface area contributed by atoms with Crippen molar-refractivity contribution in [2.45, 2.75) is 57.1 Å². The SMILES string of the molecule is CC(NCC1(O)CCCCCC1)c1nc2ccccc2s1. The lowest BCUT2D eigenvalue weighted by Gasteiger charge is -2.28. The number of aliphatic hydroxyl groups is 1. The van der Waals surface area contributed by atoms with E-state index in [9.17, 15) is 5.11 Å². The van der Waals surface area contributed by atoms with Crippen LogP contribution in [0, 0.1) is 0 Å². The van der Waals surface area contributed by atoms with Crippen LogP contribution in [0.1, 0.15) is 56.5 Å². The summed E-state index contributed by atoms with van der Waals surface area (Å²) in [5.41, 5.74) is 0.542. The molecule has 1 unspecified atom stereocenters. The Kier molecular flexibility index (Phi) is 4.57. The van der Waals surface area contributed by atoms with Crippen molar-refractivity contribution in [1.29, 1.82) is 0 Å². The van der Waals surface area contributed by atoms with E-state index >= 15 is 0 Å². The molecule has 1 aliphatic rings. The van der Waals surface area contributed by atoms with E-state index in [1.165, 1.54) is 17.5 Å². The van der Waals surface area contributed by atoms with Gasteiger partial charge in [0.1, 0.15) is 5.01 Å². The summed E-state index contributed by atoms with van der Waals surface area (Å²) in [5.74, 6) is 0. The fraction of sp³-hybridized carbons (Fsp3) is 0.588. The van der Waals surface area contributed by atoms with Crippen LogP contribution in [0.25, 0.3) is 10.2 Å². The molecule has 1 heterocycles. The molecule has 3 nitrogen and oxygen atoms in total. The third kappa shape index (κ3) is 3.62. The highest BCUT2D eigenvalue weighted by Gasteiger charge is 2.28. The fourth-order valence-corrected chi connectivity index (χ4v) is 4.06. The highest BCUT2D eigenvalue weighted by molar-refractivity contribution is 7.18. The molecule has 0 amide bonds. The Labute approximate surface area is 130 Å². The lowest BCUT2D eigenvalue weighted by atomic mass is 9.94. The van der Waals surface area contributed by atoms with Crippen LogP contribution in [0.3, 0.4) is 0 Å². The molecule has 3 rings (SSSR count). The molecule has 1 aliphatic carbocycles. The van der Waals surface area contributed by atoms with Gasteiger partial charge in [0, 0.05) is 6.54 Å². The maximum Gasteiger partial charge on any atom is 0.111 e. The van der Waals surface area contributed by atoms with Crippen molar-refractivity contribution in [3.63, 3.8) is 0 Å². The lowest BCUT2D eigenvalue weighted by Crippen LogP contribution is -2.41. The van der Waals surface area contributed by atoms with E-state index in [2.05, 4.69) is 30.4 Å². The fourth-order valence-electron chi connectivity index (χ4n) is 3.07. The molecule has 2 N–H and O–H groups in total. The average Bonchev–Trinajstić information content (AvgIpc) is 2.81. The number of para-hydroxylation sites is 1. The molecule has 114 valence electrons. The van der Waals surface area contributed by atoms with Gasteiger partial charge < -0.3 is 10.4 Å². The molecule has 1 aromatic heterocycles. The molecule has 1 saturated carbocycles. The van der Waals surface area contributed by atoms with Gasteiger partial charge in [0.05, 0.1) is 21.9 Å². The Morgan fingerprint density at radius 3 is 2.67 bits per heavy atom. The molecule has 1 atom stereocenters. The number of thiazole rings is 1. The van der Waals surface area contributed by atoms with Crippen LogP contribution in [-0.4, -0.2) is 22.2 Å². The Morgan fingerprint density at radius 1 is 1.24 bits per heavy atom. The number of nitrogens with one attached hydrogen (secondary N) is 1. The average molecular weight is 304 g/mol. The second-order valence-electron chi connectivity index (χ2n) is 6.26. The highest BCUT2D eigenvalue weighted by Crippen LogP contribution is 2.29.